The molecule has 2 aromatic carbocycles. The molecular formula is C21H24ClFN2O2. The number of halogens is 2. The third-order valence-corrected chi connectivity index (χ3v) is 5.67. The highest BCUT2D eigenvalue weighted by Gasteiger charge is 2.43. The summed E-state index contributed by atoms with van der Waals surface area (Å²) in [5, 5.41) is 0. The summed E-state index contributed by atoms with van der Waals surface area (Å²) in [4.78, 5) is 15.1. The molecule has 4 nitrogen and oxygen atoms in total. The fourth-order valence-electron chi connectivity index (χ4n) is 4.01. The molecule has 0 aromatic heterocycles. The van der Waals surface area contributed by atoms with Gasteiger partial charge in [0.2, 0.25) is 5.91 Å². The highest BCUT2D eigenvalue weighted by molar-refractivity contribution is 6.00. The predicted molar refractivity (Wildman–Crippen MR) is 107 cm³/mol. The van der Waals surface area contributed by atoms with Gasteiger partial charge in [-0.1, -0.05) is 18.2 Å². The fourth-order valence-corrected chi connectivity index (χ4v) is 4.01. The van der Waals surface area contributed by atoms with E-state index in [0.29, 0.717) is 39.1 Å². The number of ether oxygens (including phenoxy) is 1. The van der Waals surface area contributed by atoms with Crippen molar-refractivity contribution in [3.05, 3.63) is 53.8 Å². The Balaban J connectivity index is 0.00000210. The number of anilines is 1. The van der Waals surface area contributed by atoms with E-state index < -0.39 is 5.41 Å². The van der Waals surface area contributed by atoms with Gasteiger partial charge in [-0.25, -0.2) is 4.39 Å². The summed E-state index contributed by atoms with van der Waals surface area (Å²) in [5.74, 6) is -0.134. The van der Waals surface area contributed by atoms with Gasteiger partial charge >= 0.3 is 0 Å². The molecule has 6 heteroatoms. The van der Waals surface area contributed by atoms with Crippen molar-refractivity contribution in [2.45, 2.75) is 19.3 Å². The molecule has 2 N–H and O–H groups in total. The van der Waals surface area contributed by atoms with Crippen LogP contribution in [0.3, 0.4) is 0 Å². The van der Waals surface area contributed by atoms with Crippen molar-refractivity contribution in [3.8, 4) is 11.1 Å². The molecule has 1 amide bonds. The highest BCUT2D eigenvalue weighted by atomic mass is 35.5. The first-order valence-electron chi connectivity index (χ1n) is 9.12. The zero-order chi connectivity index (χ0) is 18.1. The first-order valence-corrected chi connectivity index (χ1v) is 9.12. The third-order valence-electron chi connectivity index (χ3n) is 5.67. The Bertz CT molecular complexity index is 837. The van der Waals surface area contributed by atoms with E-state index in [1.54, 1.807) is 6.07 Å². The minimum atomic E-state index is -0.513. The summed E-state index contributed by atoms with van der Waals surface area (Å²) in [7, 11) is 0. The van der Waals surface area contributed by atoms with Crippen molar-refractivity contribution in [3.63, 3.8) is 0 Å². The Labute approximate surface area is 164 Å². The fraction of sp³-hybridized carbons (Fsp3) is 0.381. The Morgan fingerprint density at radius 2 is 1.89 bits per heavy atom. The van der Waals surface area contributed by atoms with E-state index in [-0.39, 0.29) is 24.1 Å². The molecular weight excluding hydrogens is 367 g/mol. The Morgan fingerprint density at radius 3 is 2.59 bits per heavy atom. The van der Waals surface area contributed by atoms with Crippen molar-refractivity contribution in [2.24, 2.45) is 11.1 Å². The standard InChI is InChI=1S/C21H23FN2O2.ClH/c22-18-3-1-2-15(13-18)16-4-5-19-17(12-16)6-9-24(19)20(25)21(14-23)7-10-26-11-8-21;/h1-5,12-13H,6-11,14,23H2;1H. The first kappa shape index (κ1) is 19.8. The van der Waals surface area contributed by atoms with Crippen molar-refractivity contribution in [2.75, 3.05) is 31.2 Å². The topological polar surface area (TPSA) is 55.6 Å². The quantitative estimate of drug-likeness (QED) is 0.871. The van der Waals surface area contributed by atoms with Crippen LogP contribution in [-0.2, 0) is 16.0 Å². The van der Waals surface area contributed by atoms with Gasteiger partial charge in [0.05, 0.1) is 5.41 Å². The van der Waals surface area contributed by atoms with E-state index in [0.717, 1.165) is 28.8 Å². The van der Waals surface area contributed by atoms with Crippen molar-refractivity contribution in [1.29, 1.82) is 0 Å². The van der Waals surface area contributed by atoms with Gasteiger partial charge in [-0.3, -0.25) is 4.79 Å². The summed E-state index contributed by atoms with van der Waals surface area (Å²) in [5.41, 5.74) is 9.38. The van der Waals surface area contributed by atoms with Gasteiger partial charge in [-0.2, -0.15) is 0 Å². The molecule has 4 rings (SSSR count). The molecule has 0 unspecified atom stereocenters. The van der Waals surface area contributed by atoms with Crippen LogP contribution in [0.25, 0.3) is 11.1 Å². The normalized spacial score (nSPS) is 17.9. The monoisotopic (exact) mass is 390 g/mol. The van der Waals surface area contributed by atoms with E-state index in [4.69, 9.17) is 10.5 Å². The molecule has 0 atom stereocenters. The van der Waals surface area contributed by atoms with E-state index in [9.17, 15) is 9.18 Å². The molecule has 144 valence electrons. The molecule has 0 bridgehead atoms. The van der Waals surface area contributed by atoms with Crippen LogP contribution in [0.5, 0.6) is 0 Å². The lowest BCUT2D eigenvalue weighted by molar-refractivity contribution is -0.132. The van der Waals surface area contributed by atoms with Gasteiger partial charge in [-0.15, -0.1) is 12.4 Å². The van der Waals surface area contributed by atoms with Gasteiger partial charge in [0.1, 0.15) is 5.82 Å². The number of nitrogens with two attached hydrogens (primary N) is 1. The maximum Gasteiger partial charge on any atom is 0.234 e. The molecule has 27 heavy (non-hydrogen) atoms. The Kier molecular flexibility index (Phi) is 5.84. The van der Waals surface area contributed by atoms with Gasteiger partial charge in [-0.05, 0) is 60.2 Å². The lowest BCUT2D eigenvalue weighted by Crippen LogP contribution is -2.50. The summed E-state index contributed by atoms with van der Waals surface area (Å²) in [6.07, 6.45) is 2.16. The predicted octanol–water partition coefficient (Wildman–Crippen LogP) is 3.56. The van der Waals surface area contributed by atoms with Gasteiger partial charge < -0.3 is 15.4 Å². The van der Waals surface area contributed by atoms with Crippen LogP contribution in [-0.4, -0.2) is 32.2 Å². The average Bonchev–Trinajstić information content (AvgIpc) is 3.11. The number of carbonyl (C=O) groups excluding carboxylic acids is 1. The summed E-state index contributed by atoms with van der Waals surface area (Å²) < 4.78 is 18.9. The summed E-state index contributed by atoms with van der Waals surface area (Å²) >= 11 is 0. The third kappa shape index (κ3) is 3.59. The minimum Gasteiger partial charge on any atom is -0.381 e. The van der Waals surface area contributed by atoms with Gasteiger partial charge in [0, 0.05) is 32.0 Å². The van der Waals surface area contributed by atoms with Gasteiger partial charge in [0.15, 0.2) is 0 Å². The molecule has 2 aromatic rings. The smallest absolute Gasteiger partial charge is 0.234 e. The van der Waals surface area contributed by atoms with Crippen LogP contribution in [0.1, 0.15) is 18.4 Å². The largest absolute Gasteiger partial charge is 0.381 e. The number of carbonyl (C=O) groups is 1. The number of rotatable bonds is 3. The van der Waals surface area contributed by atoms with Crippen LogP contribution < -0.4 is 10.6 Å². The number of nitrogens with zero attached hydrogens (tertiary/aromatic N) is 1. The molecule has 0 radical (unpaired) electrons. The molecule has 1 saturated heterocycles. The SMILES string of the molecule is Cl.NCC1(C(=O)N2CCc3cc(-c4cccc(F)c4)ccc32)CCOCC1. The van der Waals surface area contributed by atoms with Crippen molar-refractivity contribution < 1.29 is 13.9 Å². The second-order valence-corrected chi connectivity index (χ2v) is 7.16. The van der Waals surface area contributed by atoms with Crippen molar-refractivity contribution >= 4 is 24.0 Å². The Hall–Kier alpha value is -1.95. The zero-order valence-electron chi connectivity index (χ0n) is 15.1. The minimum absolute atomic E-state index is 0. The second kappa shape index (κ2) is 7.97. The first-order chi connectivity index (χ1) is 12.6. The summed E-state index contributed by atoms with van der Waals surface area (Å²) in [6, 6.07) is 12.6. The lowest BCUT2D eigenvalue weighted by Gasteiger charge is -2.37. The summed E-state index contributed by atoms with van der Waals surface area (Å²) in [6.45, 7) is 2.19. The van der Waals surface area contributed by atoms with E-state index in [1.165, 1.54) is 12.1 Å². The molecule has 0 aliphatic carbocycles. The van der Waals surface area contributed by atoms with Crippen LogP contribution in [0.2, 0.25) is 0 Å². The molecule has 2 aliphatic heterocycles. The van der Waals surface area contributed by atoms with E-state index in [2.05, 4.69) is 6.07 Å². The molecule has 0 saturated carbocycles. The second-order valence-electron chi connectivity index (χ2n) is 7.16. The molecule has 2 heterocycles. The van der Waals surface area contributed by atoms with E-state index >= 15 is 0 Å². The number of hydrogen-bond donors (Lipinski definition) is 1. The number of hydrogen-bond acceptors (Lipinski definition) is 3. The molecule has 2 aliphatic rings. The average molecular weight is 391 g/mol. The maximum absolute atomic E-state index is 13.5. The number of amides is 1. The van der Waals surface area contributed by atoms with Crippen LogP contribution >= 0.6 is 12.4 Å². The van der Waals surface area contributed by atoms with Crippen molar-refractivity contribution in [1.82, 2.24) is 0 Å². The van der Waals surface area contributed by atoms with Crippen LogP contribution in [0, 0.1) is 11.2 Å². The maximum atomic E-state index is 13.5. The number of fused-ring (bicyclic) bond motifs is 1. The highest BCUT2D eigenvalue weighted by Crippen LogP contribution is 2.38. The van der Waals surface area contributed by atoms with Crippen LogP contribution in [0.4, 0.5) is 10.1 Å². The molecule has 1 fully saturated rings. The Morgan fingerprint density at radius 1 is 1.15 bits per heavy atom. The van der Waals surface area contributed by atoms with E-state index in [1.807, 2.05) is 23.1 Å². The molecule has 0 spiro atoms. The van der Waals surface area contributed by atoms with Gasteiger partial charge in [0.25, 0.3) is 0 Å². The lowest BCUT2D eigenvalue weighted by atomic mass is 9.79. The van der Waals surface area contributed by atoms with Crippen LogP contribution in [0.15, 0.2) is 42.5 Å². The zero-order valence-corrected chi connectivity index (χ0v) is 15.9. The number of benzene rings is 2.